The second kappa shape index (κ2) is 9.60. The number of para-hydroxylation sites is 1. The summed E-state index contributed by atoms with van der Waals surface area (Å²) in [4.78, 5) is 39.1. The van der Waals surface area contributed by atoms with E-state index in [1.54, 1.807) is 6.20 Å². The number of H-pyrrole nitrogens is 1. The molecule has 1 aromatic heterocycles. The van der Waals surface area contributed by atoms with Gasteiger partial charge < -0.3 is 25.5 Å². The zero-order valence-electron chi connectivity index (χ0n) is 16.4. The molecule has 8 heteroatoms. The van der Waals surface area contributed by atoms with E-state index >= 15 is 0 Å². The topological polar surface area (TPSA) is 121 Å². The van der Waals surface area contributed by atoms with Crippen LogP contribution < -0.4 is 10.6 Å². The van der Waals surface area contributed by atoms with Crippen molar-refractivity contribution in [2.45, 2.75) is 32.0 Å². The Balaban J connectivity index is 1.55. The van der Waals surface area contributed by atoms with Crippen LogP contribution in [0.2, 0.25) is 0 Å². The van der Waals surface area contributed by atoms with Crippen molar-refractivity contribution in [1.82, 2.24) is 15.6 Å². The Hall–Kier alpha value is -3.81. The first kappa shape index (κ1) is 20.9. The maximum atomic E-state index is 12.4. The molecule has 4 N–H and O–H groups in total. The van der Waals surface area contributed by atoms with Crippen molar-refractivity contribution in [3.05, 3.63) is 71.9 Å². The third kappa shape index (κ3) is 5.38. The number of rotatable bonds is 8. The van der Waals surface area contributed by atoms with Gasteiger partial charge in [-0.25, -0.2) is 9.59 Å². The summed E-state index contributed by atoms with van der Waals surface area (Å²) in [5, 5.41) is 15.3. The van der Waals surface area contributed by atoms with Crippen LogP contribution in [0.15, 0.2) is 60.8 Å². The van der Waals surface area contributed by atoms with Crippen molar-refractivity contribution in [3.8, 4) is 0 Å². The molecule has 0 bridgehead atoms. The molecule has 0 spiro atoms. The third-order valence-corrected chi connectivity index (χ3v) is 4.65. The van der Waals surface area contributed by atoms with Gasteiger partial charge in [-0.2, -0.15) is 0 Å². The number of hydrogen-bond donors (Lipinski definition) is 4. The highest BCUT2D eigenvalue weighted by atomic mass is 16.5. The molecule has 1 heterocycles. The standard InChI is InChI=1S/C22H23N3O5/c1-14(24-22(29)30-13-15-7-3-2-4-8-15)20(26)25-19(21(27)28)11-16-12-23-18-10-6-5-9-17(16)18/h2-10,12,14,19,23H,11,13H2,1H3,(H,24,29)(H,25,26)(H,27,28)/t14-,19+/m1/s1. The Morgan fingerprint density at radius 2 is 1.73 bits per heavy atom. The molecule has 0 fully saturated rings. The van der Waals surface area contributed by atoms with Gasteiger partial charge in [0.1, 0.15) is 18.7 Å². The summed E-state index contributed by atoms with van der Waals surface area (Å²) in [5.74, 6) is -1.77. The summed E-state index contributed by atoms with van der Waals surface area (Å²) < 4.78 is 5.08. The summed E-state index contributed by atoms with van der Waals surface area (Å²) in [6.45, 7) is 1.53. The lowest BCUT2D eigenvalue weighted by Crippen LogP contribution is -2.51. The number of ether oxygens (including phenoxy) is 1. The lowest BCUT2D eigenvalue weighted by molar-refractivity contribution is -0.142. The van der Waals surface area contributed by atoms with E-state index in [9.17, 15) is 19.5 Å². The van der Waals surface area contributed by atoms with Gasteiger partial charge in [0.05, 0.1) is 0 Å². The van der Waals surface area contributed by atoms with Crippen molar-refractivity contribution in [2.75, 3.05) is 0 Å². The largest absolute Gasteiger partial charge is 0.480 e. The van der Waals surface area contributed by atoms with Crippen LogP contribution in [0.1, 0.15) is 18.1 Å². The fourth-order valence-corrected chi connectivity index (χ4v) is 3.02. The second-order valence-corrected chi connectivity index (χ2v) is 6.89. The molecule has 3 rings (SSSR count). The van der Waals surface area contributed by atoms with E-state index in [0.29, 0.717) is 0 Å². The molecule has 0 aliphatic carbocycles. The molecule has 0 radical (unpaired) electrons. The van der Waals surface area contributed by atoms with E-state index in [2.05, 4.69) is 15.6 Å². The van der Waals surface area contributed by atoms with Crippen LogP contribution in [0.25, 0.3) is 10.9 Å². The predicted octanol–water partition coefficient (Wildman–Crippen LogP) is 2.59. The van der Waals surface area contributed by atoms with Gasteiger partial charge in [-0.3, -0.25) is 4.79 Å². The van der Waals surface area contributed by atoms with Crippen LogP contribution in [0.3, 0.4) is 0 Å². The van der Waals surface area contributed by atoms with Crippen molar-refractivity contribution in [3.63, 3.8) is 0 Å². The minimum Gasteiger partial charge on any atom is -0.480 e. The summed E-state index contributed by atoms with van der Waals surface area (Å²) >= 11 is 0. The molecule has 3 aromatic rings. The molecule has 0 saturated heterocycles. The van der Waals surface area contributed by atoms with E-state index in [1.807, 2.05) is 54.6 Å². The maximum absolute atomic E-state index is 12.4. The summed E-state index contributed by atoms with van der Waals surface area (Å²) in [6, 6.07) is 14.5. The maximum Gasteiger partial charge on any atom is 0.408 e. The first-order valence-corrected chi connectivity index (χ1v) is 9.49. The molecule has 156 valence electrons. The van der Waals surface area contributed by atoms with Crippen LogP contribution in [-0.2, 0) is 27.4 Å². The number of carbonyl (C=O) groups is 3. The molecule has 0 aliphatic rings. The number of carbonyl (C=O) groups excluding carboxylic acids is 2. The average Bonchev–Trinajstić information content (AvgIpc) is 3.15. The van der Waals surface area contributed by atoms with Crippen LogP contribution in [0.5, 0.6) is 0 Å². The Labute approximate surface area is 173 Å². The van der Waals surface area contributed by atoms with E-state index in [1.165, 1.54) is 6.92 Å². The number of carboxylic acid groups (broad SMARTS) is 1. The number of alkyl carbamates (subject to hydrolysis) is 1. The average molecular weight is 409 g/mol. The molecule has 0 aliphatic heterocycles. The predicted molar refractivity (Wildman–Crippen MR) is 111 cm³/mol. The van der Waals surface area contributed by atoms with Crippen LogP contribution in [0, 0.1) is 0 Å². The normalized spacial score (nSPS) is 12.7. The van der Waals surface area contributed by atoms with E-state index in [4.69, 9.17) is 4.74 Å². The first-order chi connectivity index (χ1) is 14.4. The quantitative estimate of drug-likeness (QED) is 0.456. The van der Waals surface area contributed by atoms with E-state index in [0.717, 1.165) is 22.0 Å². The van der Waals surface area contributed by atoms with Crippen molar-refractivity contribution in [1.29, 1.82) is 0 Å². The molecule has 0 saturated carbocycles. The van der Waals surface area contributed by atoms with Gasteiger partial charge in [-0.15, -0.1) is 0 Å². The SMILES string of the molecule is C[C@@H](NC(=O)OCc1ccccc1)C(=O)N[C@@H](Cc1c[nH]c2ccccc12)C(=O)O. The number of aromatic amines is 1. The Morgan fingerprint density at radius 3 is 2.47 bits per heavy atom. The Bertz CT molecular complexity index is 1030. The number of aromatic nitrogens is 1. The van der Waals surface area contributed by atoms with Gasteiger partial charge >= 0.3 is 12.1 Å². The Kier molecular flexibility index (Phi) is 6.69. The number of hydrogen-bond acceptors (Lipinski definition) is 4. The molecule has 2 aromatic carbocycles. The first-order valence-electron chi connectivity index (χ1n) is 9.49. The minimum absolute atomic E-state index is 0.0688. The zero-order chi connectivity index (χ0) is 21.5. The number of carboxylic acids is 1. The summed E-state index contributed by atoms with van der Waals surface area (Å²) in [6.07, 6.45) is 1.08. The van der Waals surface area contributed by atoms with Gasteiger partial charge in [-0.1, -0.05) is 48.5 Å². The molecule has 30 heavy (non-hydrogen) atoms. The van der Waals surface area contributed by atoms with Gasteiger partial charge in [-0.05, 0) is 24.1 Å². The molecule has 2 atom stereocenters. The number of aliphatic carboxylic acids is 1. The van der Waals surface area contributed by atoms with Gasteiger partial charge in [0, 0.05) is 23.5 Å². The number of fused-ring (bicyclic) bond motifs is 1. The fraction of sp³-hybridized carbons (Fsp3) is 0.227. The molecule has 0 unspecified atom stereocenters. The zero-order valence-corrected chi connectivity index (χ0v) is 16.4. The van der Waals surface area contributed by atoms with Gasteiger partial charge in [0.2, 0.25) is 5.91 Å². The lowest BCUT2D eigenvalue weighted by atomic mass is 10.0. The van der Waals surface area contributed by atoms with E-state index in [-0.39, 0.29) is 13.0 Å². The molecular formula is C22H23N3O5. The third-order valence-electron chi connectivity index (χ3n) is 4.65. The van der Waals surface area contributed by atoms with Crippen LogP contribution in [-0.4, -0.2) is 40.1 Å². The number of benzene rings is 2. The highest BCUT2D eigenvalue weighted by Gasteiger charge is 2.25. The van der Waals surface area contributed by atoms with Crippen LogP contribution >= 0.6 is 0 Å². The minimum atomic E-state index is -1.16. The van der Waals surface area contributed by atoms with Crippen molar-refractivity contribution in [2.24, 2.45) is 0 Å². The summed E-state index contributed by atoms with van der Waals surface area (Å²) in [5.41, 5.74) is 2.48. The fourth-order valence-electron chi connectivity index (χ4n) is 3.02. The molecule has 8 nitrogen and oxygen atoms in total. The summed E-state index contributed by atoms with van der Waals surface area (Å²) in [7, 11) is 0. The van der Waals surface area contributed by atoms with E-state index < -0.39 is 30.1 Å². The smallest absolute Gasteiger partial charge is 0.408 e. The van der Waals surface area contributed by atoms with Gasteiger partial charge in [0.15, 0.2) is 0 Å². The van der Waals surface area contributed by atoms with Crippen molar-refractivity contribution >= 4 is 28.9 Å². The lowest BCUT2D eigenvalue weighted by Gasteiger charge is -2.18. The molecular weight excluding hydrogens is 386 g/mol. The molecule has 2 amide bonds. The number of amides is 2. The second-order valence-electron chi connectivity index (χ2n) is 6.89. The number of nitrogens with one attached hydrogen (secondary N) is 3. The highest BCUT2D eigenvalue weighted by molar-refractivity contribution is 5.90. The van der Waals surface area contributed by atoms with Crippen molar-refractivity contribution < 1.29 is 24.2 Å². The Morgan fingerprint density at radius 1 is 1.03 bits per heavy atom. The highest BCUT2D eigenvalue weighted by Crippen LogP contribution is 2.19. The van der Waals surface area contributed by atoms with Crippen LogP contribution in [0.4, 0.5) is 4.79 Å². The monoisotopic (exact) mass is 409 g/mol. The van der Waals surface area contributed by atoms with Gasteiger partial charge in [0.25, 0.3) is 0 Å².